The lowest BCUT2D eigenvalue weighted by atomic mass is 10.1. The third kappa shape index (κ3) is 4.55. The van der Waals surface area contributed by atoms with Crippen molar-refractivity contribution in [1.29, 1.82) is 5.26 Å². The first kappa shape index (κ1) is 13.0. The Morgan fingerprint density at radius 1 is 1.29 bits per heavy atom. The van der Waals surface area contributed by atoms with Crippen molar-refractivity contribution < 1.29 is 18.0 Å². The lowest BCUT2D eigenvalue weighted by molar-refractivity contribution is -0.132. The molecule has 0 bridgehead atoms. The van der Waals surface area contributed by atoms with Crippen molar-refractivity contribution in [2.24, 2.45) is 0 Å². The number of nitrogens with zero attached hydrogens (tertiary/aromatic N) is 1. The highest BCUT2D eigenvalue weighted by molar-refractivity contribution is 5.94. The number of halogens is 3. The molecule has 0 aliphatic carbocycles. The molecule has 6 heteroatoms. The molecule has 0 aliphatic rings. The van der Waals surface area contributed by atoms with Crippen LogP contribution in [-0.2, 0) is 0 Å². The van der Waals surface area contributed by atoms with Crippen LogP contribution in [0.4, 0.5) is 13.2 Å². The summed E-state index contributed by atoms with van der Waals surface area (Å²) < 4.78 is 35.5. The van der Waals surface area contributed by atoms with E-state index in [1.54, 1.807) is 0 Å². The molecule has 1 amide bonds. The van der Waals surface area contributed by atoms with Crippen LogP contribution in [0.25, 0.3) is 0 Å². The molecule has 0 saturated carbocycles. The van der Waals surface area contributed by atoms with E-state index in [-0.39, 0.29) is 5.56 Å². The van der Waals surface area contributed by atoms with E-state index in [4.69, 9.17) is 5.26 Å². The quantitative estimate of drug-likeness (QED) is 0.883. The zero-order valence-electron chi connectivity index (χ0n) is 8.71. The van der Waals surface area contributed by atoms with Gasteiger partial charge in [-0.05, 0) is 24.3 Å². The molecule has 0 radical (unpaired) electrons. The van der Waals surface area contributed by atoms with Crippen molar-refractivity contribution in [3.63, 3.8) is 0 Å². The van der Waals surface area contributed by atoms with Gasteiger partial charge in [-0.2, -0.15) is 18.4 Å². The molecule has 1 rings (SSSR count). The predicted octanol–water partition coefficient (Wildman–Crippen LogP) is 2.24. The average molecular weight is 242 g/mol. The van der Waals surface area contributed by atoms with Crippen molar-refractivity contribution in [2.45, 2.75) is 12.6 Å². The molecular formula is C11H9F3N2O. The number of nitrogens with one attached hydrogen (secondary N) is 1. The van der Waals surface area contributed by atoms with Gasteiger partial charge in [-0.3, -0.25) is 4.79 Å². The highest BCUT2D eigenvalue weighted by Crippen LogP contribution is 2.18. The predicted molar refractivity (Wildman–Crippen MR) is 54.2 cm³/mol. The Hall–Kier alpha value is -2.03. The van der Waals surface area contributed by atoms with Crippen molar-refractivity contribution in [1.82, 2.24) is 5.32 Å². The number of rotatable bonds is 3. The summed E-state index contributed by atoms with van der Waals surface area (Å²) in [7, 11) is 0. The van der Waals surface area contributed by atoms with Gasteiger partial charge >= 0.3 is 6.18 Å². The minimum absolute atomic E-state index is 0.228. The molecule has 3 nitrogen and oxygen atoms in total. The summed E-state index contributed by atoms with van der Waals surface area (Å²) >= 11 is 0. The van der Waals surface area contributed by atoms with Gasteiger partial charge in [0.15, 0.2) is 0 Å². The number of hydrogen-bond acceptors (Lipinski definition) is 2. The Kier molecular flexibility index (Phi) is 4.10. The van der Waals surface area contributed by atoms with E-state index in [0.29, 0.717) is 5.56 Å². The third-order valence-corrected chi connectivity index (χ3v) is 1.97. The summed E-state index contributed by atoms with van der Waals surface area (Å²) in [6, 6.07) is 7.51. The minimum atomic E-state index is -4.28. The molecular weight excluding hydrogens is 233 g/mol. The van der Waals surface area contributed by atoms with Crippen LogP contribution in [0.15, 0.2) is 24.3 Å². The zero-order chi connectivity index (χ0) is 12.9. The number of alkyl halides is 3. The molecule has 1 aromatic carbocycles. The van der Waals surface area contributed by atoms with Crippen molar-refractivity contribution in [3.8, 4) is 6.07 Å². The Labute approximate surface area is 95.9 Å². The van der Waals surface area contributed by atoms with Crippen LogP contribution in [-0.4, -0.2) is 18.6 Å². The average Bonchev–Trinajstić information content (AvgIpc) is 2.27. The monoisotopic (exact) mass is 242 g/mol. The number of carbonyl (C=O) groups excluding carboxylic acids is 1. The Morgan fingerprint density at radius 3 is 2.35 bits per heavy atom. The molecule has 0 spiro atoms. The van der Waals surface area contributed by atoms with Crippen molar-refractivity contribution in [2.75, 3.05) is 6.54 Å². The van der Waals surface area contributed by atoms with E-state index >= 15 is 0 Å². The van der Waals surface area contributed by atoms with Gasteiger partial charge < -0.3 is 5.32 Å². The molecule has 0 saturated heterocycles. The summed E-state index contributed by atoms with van der Waals surface area (Å²) in [5.41, 5.74) is 0.614. The van der Waals surface area contributed by atoms with Crippen LogP contribution >= 0.6 is 0 Å². The smallest absolute Gasteiger partial charge is 0.352 e. The standard InChI is InChI=1S/C11H9F3N2O/c12-11(13,14)5-6-16-10(17)9-3-1-8(7-15)2-4-9/h1-4H,5-6H2,(H,16,17). The van der Waals surface area contributed by atoms with Gasteiger partial charge in [0.05, 0.1) is 18.1 Å². The van der Waals surface area contributed by atoms with Gasteiger partial charge in [-0.25, -0.2) is 0 Å². The second-order valence-electron chi connectivity index (χ2n) is 3.31. The fourth-order valence-corrected chi connectivity index (χ4v) is 1.12. The summed E-state index contributed by atoms with van der Waals surface area (Å²) in [6.07, 6.45) is -5.34. The summed E-state index contributed by atoms with van der Waals surface area (Å²) in [5.74, 6) is -0.585. The van der Waals surface area contributed by atoms with Gasteiger partial charge in [-0.1, -0.05) is 0 Å². The number of carbonyl (C=O) groups is 1. The van der Waals surface area contributed by atoms with Crippen LogP contribution in [0.1, 0.15) is 22.3 Å². The lowest BCUT2D eigenvalue weighted by Gasteiger charge is -2.07. The molecule has 0 aromatic heterocycles. The molecule has 17 heavy (non-hydrogen) atoms. The summed E-state index contributed by atoms with van der Waals surface area (Å²) in [6.45, 7) is -0.456. The first-order valence-electron chi connectivity index (χ1n) is 4.77. The molecule has 0 atom stereocenters. The minimum Gasteiger partial charge on any atom is -0.352 e. The Balaban J connectivity index is 2.50. The van der Waals surface area contributed by atoms with Crippen LogP contribution in [0.5, 0.6) is 0 Å². The Bertz CT molecular complexity index is 432. The highest BCUT2D eigenvalue weighted by atomic mass is 19.4. The third-order valence-electron chi connectivity index (χ3n) is 1.97. The van der Waals surface area contributed by atoms with E-state index in [9.17, 15) is 18.0 Å². The normalized spacial score (nSPS) is 10.7. The lowest BCUT2D eigenvalue weighted by Crippen LogP contribution is -2.27. The fourth-order valence-electron chi connectivity index (χ4n) is 1.12. The largest absolute Gasteiger partial charge is 0.390 e. The van der Waals surface area contributed by atoms with E-state index in [0.717, 1.165) is 0 Å². The topological polar surface area (TPSA) is 52.9 Å². The zero-order valence-corrected chi connectivity index (χ0v) is 8.71. The molecule has 1 N–H and O–H groups in total. The van der Waals surface area contributed by atoms with Crippen molar-refractivity contribution >= 4 is 5.91 Å². The van der Waals surface area contributed by atoms with E-state index in [1.807, 2.05) is 6.07 Å². The SMILES string of the molecule is N#Cc1ccc(C(=O)NCCC(F)(F)F)cc1. The number of hydrogen-bond donors (Lipinski definition) is 1. The maximum absolute atomic E-state index is 11.8. The van der Waals surface area contributed by atoms with Crippen LogP contribution in [0.2, 0.25) is 0 Å². The number of nitriles is 1. The summed E-state index contributed by atoms with van der Waals surface area (Å²) in [4.78, 5) is 11.4. The number of benzene rings is 1. The van der Waals surface area contributed by atoms with Crippen LogP contribution < -0.4 is 5.32 Å². The first-order valence-corrected chi connectivity index (χ1v) is 4.77. The maximum Gasteiger partial charge on any atom is 0.390 e. The van der Waals surface area contributed by atoms with Crippen molar-refractivity contribution in [3.05, 3.63) is 35.4 Å². The Morgan fingerprint density at radius 2 is 1.88 bits per heavy atom. The van der Waals surface area contributed by atoms with Gasteiger partial charge in [0.25, 0.3) is 5.91 Å². The summed E-state index contributed by atoms with van der Waals surface area (Å²) in [5, 5.41) is 10.7. The fraction of sp³-hybridized carbons (Fsp3) is 0.273. The van der Waals surface area contributed by atoms with E-state index in [1.165, 1.54) is 24.3 Å². The van der Waals surface area contributed by atoms with Crippen LogP contribution in [0, 0.1) is 11.3 Å². The number of amides is 1. The van der Waals surface area contributed by atoms with Gasteiger partial charge in [-0.15, -0.1) is 0 Å². The maximum atomic E-state index is 11.8. The molecule has 0 fully saturated rings. The van der Waals surface area contributed by atoms with Gasteiger partial charge in [0.2, 0.25) is 0 Å². The second kappa shape index (κ2) is 5.34. The van der Waals surface area contributed by atoms with Crippen LogP contribution in [0.3, 0.4) is 0 Å². The molecule has 1 aromatic rings. The highest BCUT2D eigenvalue weighted by Gasteiger charge is 2.26. The van der Waals surface area contributed by atoms with Gasteiger partial charge in [0, 0.05) is 12.1 Å². The molecule has 90 valence electrons. The van der Waals surface area contributed by atoms with E-state index in [2.05, 4.69) is 5.32 Å². The molecule has 0 unspecified atom stereocenters. The molecule has 0 aliphatic heterocycles. The first-order chi connectivity index (χ1) is 7.92. The molecule has 0 heterocycles. The van der Waals surface area contributed by atoms with E-state index < -0.39 is 25.0 Å². The van der Waals surface area contributed by atoms with Gasteiger partial charge in [0.1, 0.15) is 0 Å². The second-order valence-corrected chi connectivity index (χ2v) is 3.31.